The molecular weight excluding hydrogens is 314 g/mol. The summed E-state index contributed by atoms with van der Waals surface area (Å²) < 4.78 is 3.19. The maximum absolute atomic E-state index is 4.81. The summed E-state index contributed by atoms with van der Waals surface area (Å²) >= 11 is 3.48. The molecule has 0 radical (unpaired) electrons. The fourth-order valence-corrected chi connectivity index (χ4v) is 2.70. The summed E-state index contributed by atoms with van der Waals surface area (Å²) in [6, 6.07) is 8.33. The first-order valence-electron chi connectivity index (χ1n) is 7.27. The summed E-state index contributed by atoms with van der Waals surface area (Å²) in [5, 5.41) is 8.24. The Kier molecular flexibility index (Phi) is 5.38. The standard InChI is InChI=1S/C16H22BrN3/c1-4-15-14(11-18-6-3)16(5-2)20(19-15)13-9-7-12(17)8-10-13/h7-10,18H,4-6,11H2,1-3H3. The van der Waals surface area contributed by atoms with E-state index in [1.54, 1.807) is 0 Å². The molecule has 2 aromatic rings. The third-order valence-corrected chi connectivity index (χ3v) is 3.99. The minimum Gasteiger partial charge on any atom is -0.313 e. The van der Waals surface area contributed by atoms with Gasteiger partial charge in [0.05, 0.1) is 11.4 Å². The number of benzene rings is 1. The second kappa shape index (κ2) is 7.04. The van der Waals surface area contributed by atoms with Crippen molar-refractivity contribution in [1.82, 2.24) is 15.1 Å². The predicted octanol–water partition coefficient (Wildman–Crippen LogP) is 3.87. The van der Waals surface area contributed by atoms with Gasteiger partial charge in [-0.05, 0) is 43.7 Å². The Morgan fingerprint density at radius 2 is 1.80 bits per heavy atom. The molecule has 0 fully saturated rings. The number of nitrogens with one attached hydrogen (secondary N) is 1. The number of aromatic nitrogens is 2. The average molecular weight is 336 g/mol. The summed E-state index contributed by atoms with van der Waals surface area (Å²) in [7, 11) is 0. The summed E-state index contributed by atoms with van der Waals surface area (Å²) in [6.45, 7) is 8.38. The van der Waals surface area contributed by atoms with Gasteiger partial charge in [-0.3, -0.25) is 0 Å². The van der Waals surface area contributed by atoms with Crippen LogP contribution in [0.25, 0.3) is 5.69 Å². The van der Waals surface area contributed by atoms with Gasteiger partial charge in [0.25, 0.3) is 0 Å². The summed E-state index contributed by atoms with van der Waals surface area (Å²) in [5.74, 6) is 0. The molecule has 1 aromatic heterocycles. The van der Waals surface area contributed by atoms with Gasteiger partial charge in [0, 0.05) is 22.3 Å². The molecule has 20 heavy (non-hydrogen) atoms. The van der Waals surface area contributed by atoms with Crippen LogP contribution in [-0.2, 0) is 19.4 Å². The van der Waals surface area contributed by atoms with Gasteiger partial charge in [-0.2, -0.15) is 5.10 Å². The van der Waals surface area contributed by atoms with Crippen LogP contribution < -0.4 is 5.32 Å². The van der Waals surface area contributed by atoms with Crippen LogP contribution >= 0.6 is 15.9 Å². The zero-order valence-electron chi connectivity index (χ0n) is 12.4. The van der Waals surface area contributed by atoms with Crippen molar-refractivity contribution in [2.75, 3.05) is 6.54 Å². The van der Waals surface area contributed by atoms with Crippen molar-refractivity contribution >= 4 is 15.9 Å². The van der Waals surface area contributed by atoms with Crippen molar-refractivity contribution in [3.8, 4) is 5.69 Å². The molecule has 1 aromatic carbocycles. The molecule has 0 bridgehead atoms. The largest absolute Gasteiger partial charge is 0.313 e. The molecule has 4 heteroatoms. The lowest BCUT2D eigenvalue weighted by Crippen LogP contribution is -2.14. The number of aryl methyl sites for hydroxylation is 1. The van der Waals surface area contributed by atoms with Crippen molar-refractivity contribution in [3.05, 3.63) is 45.7 Å². The topological polar surface area (TPSA) is 29.9 Å². The lowest BCUT2D eigenvalue weighted by atomic mass is 10.1. The van der Waals surface area contributed by atoms with Gasteiger partial charge >= 0.3 is 0 Å². The first kappa shape index (κ1) is 15.3. The first-order valence-corrected chi connectivity index (χ1v) is 8.06. The first-order chi connectivity index (χ1) is 9.71. The second-order valence-electron chi connectivity index (χ2n) is 4.75. The molecule has 0 aliphatic rings. The second-order valence-corrected chi connectivity index (χ2v) is 5.66. The Hall–Kier alpha value is -1.13. The fraction of sp³-hybridized carbons (Fsp3) is 0.438. The zero-order valence-corrected chi connectivity index (χ0v) is 14.0. The zero-order chi connectivity index (χ0) is 14.5. The van der Waals surface area contributed by atoms with E-state index in [0.717, 1.165) is 36.1 Å². The van der Waals surface area contributed by atoms with Crippen LogP contribution in [0.5, 0.6) is 0 Å². The molecule has 0 saturated carbocycles. The molecule has 0 amide bonds. The molecule has 0 saturated heterocycles. The Morgan fingerprint density at radius 1 is 1.10 bits per heavy atom. The SMILES string of the molecule is CCNCc1c(CC)nn(-c2ccc(Br)cc2)c1CC. The van der Waals surface area contributed by atoms with E-state index in [2.05, 4.69) is 71.0 Å². The van der Waals surface area contributed by atoms with Gasteiger partial charge in [0.1, 0.15) is 0 Å². The predicted molar refractivity (Wildman–Crippen MR) is 87.4 cm³/mol. The quantitative estimate of drug-likeness (QED) is 0.868. The van der Waals surface area contributed by atoms with Crippen LogP contribution in [0.1, 0.15) is 37.7 Å². The van der Waals surface area contributed by atoms with Gasteiger partial charge in [0.15, 0.2) is 0 Å². The molecule has 0 spiro atoms. The minimum atomic E-state index is 0.902. The Labute approximate surface area is 129 Å². The van der Waals surface area contributed by atoms with E-state index >= 15 is 0 Å². The van der Waals surface area contributed by atoms with Gasteiger partial charge in [-0.15, -0.1) is 0 Å². The smallest absolute Gasteiger partial charge is 0.0674 e. The van der Waals surface area contributed by atoms with E-state index < -0.39 is 0 Å². The normalized spacial score (nSPS) is 11.0. The number of rotatable bonds is 6. The molecule has 1 N–H and O–H groups in total. The highest BCUT2D eigenvalue weighted by molar-refractivity contribution is 9.10. The van der Waals surface area contributed by atoms with E-state index in [0.29, 0.717) is 0 Å². The summed E-state index contributed by atoms with van der Waals surface area (Å²) in [6.07, 6.45) is 1.96. The van der Waals surface area contributed by atoms with E-state index in [1.807, 2.05) is 0 Å². The molecule has 0 aliphatic heterocycles. The number of hydrogen-bond acceptors (Lipinski definition) is 2. The monoisotopic (exact) mass is 335 g/mol. The Morgan fingerprint density at radius 3 is 2.35 bits per heavy atom. The molecule has 2 rings (SSSR count). The molecule has 0 unspecified atom stereocenters. The molecule has 108 valence electrons. The summed E-state index contributed by atoms with van der Waals surface area (Å²) in [4.78, 5) is 0. The summed E-state index contributed by atoms with van der Waals surface area (Å²) in [5.41, 5.74) is 5.00. The van der Waals surface area contributed by atoms with Crippen LogP contribution in [-0.4, -0.2) is 16.3 Å². The maximum atomic E-state index is 4.81. The van der Waals surface area contributed by atoms with Crippen molar-refractivity contribution in [3.63, 3.8) is 0 Å². The lowest BCUT2D eigenvalue weighted by Gasteiger charge is -2.08. The number of nitrogens with zero attached hydrogens (tertiary/aromatic N) is 2. The molecular formula is C16H22BrN3. The van der Waals surface area contributed by atoms with Crippen LogP contribution in [0, 0.1) is 0 Å². The minimum absolute atomic E-state index is 0.902. The molecule has 0 atom stereocenters. The highest BCUT2D eigenvalue weighted by atomic mass is 79.9. The van der Waals surface area contributed by atoms with Crippen LogP contribution in [0.4, 0.5) is 0 Å². The van der Waals surface area contributed by atoms with Gasteiger partial charge in [-0.25, -0.2) is 4.68 Å². The molecule has 1 heterocycles. The fourth-order valence-electron chi connectivity index (χ4n) is 2.43. The van der Waals surface area contributed by atoms with Crippen LogP contribution in [0.3, 0.4) is 0 Å². The van der Waals surface area contributed by atoms with Crippen LogP contribution in [0.15, 0.2) is 28.7 Å². The number of hydrogen-bond donors (Lipinski definition) is 1. The Balaban J connectivity index is 2.47. The number of halogens is 1. The average Bonchev–Trinajstić information content (AvgIpc) is 2.83. The van der Waals surface area contributed by atoms with E-state index in [1.165, 1.54) is 17.0 Å². The van der Waals surface area contributed by atoms with Crippen molar-refractivity contribution in [2.45, 2.75) is 40.2 Å². The Bertz CT molecular complexity index is 558. The van der Waals surface area contributed by atoms with E-state index in [9.17, 15) is 0 Å². The molecule has 3 nitrogen and oxygen atoms in total. The molecule has 0 aliphatic carbocycles. The van der Waals surface area contributed by atoms with Crippen molar-refractivity contribution in [1.29, 1.82) is 0 Å². The van der Waals surface area contributed by atoms with Gasteiger partial charge in [-0.1, -0.05) is 36.7 Å². The van der Waals surface area contributed by atoms with Crippen molar-refractivity contribution < 1.29 is 0 Å². The van der Waals surface area contributed by atoms with E-state index in [4.69, 9.17) is 5.10 Å². The highest BCUT2D eigenvalue weighted by Crippen LogP contribution is 2.21. The van der Waals surface area contributed by atoms with Crippen LogP contribution in [0.2, 0.25) is 0 Å². The van der Waals surface area contributed by atoms with Crippen molar-refractivity contribution in [2.24, 2.45) is 0 Å². The maximum Gasteiger partial charge on any atom is 0.0674 e. The third-order valence-electron chi connectivity index (χ3n) is 3.47. The highest BCUT2D eigenvalue weighted by Gasteiger charge is 2.15. The third kappa shape index (κ3) is 3.13. The van der Waals surface area contributed by atoms with E-state index in [-0.39, 0.29) is 0 Å². The van der Waals surface area contributed by atoms with Gasteiger partial charge < -0.3 is 5.32 Å². The van der Waals surface area contributed by atoms with Gasteiger partial charge in [0.2, 0.25) is 0 Å². The lowest BCUT2D eigenvalue weighted by molar-refractivity contribution is 0.712.